The number of hydrogen-bond acceptors (Lipinski definition) is 4. The van der Waals surface area contributed by atoms with Crippen LogP contribution in [0.15, 0.2) is 24.3 Å². The van der Waals surface area contributed by atoms with Crippen molar-refractivity contribution in [2.45, 2.75) is 58.0 Å². The molecule has 4 aliphatic carbocycles. The predicted octanol–water partition coefficient (Wildman–Crippen LogP) is 3.00. The van der Waals surface area contributed by atoms with Crippen LogP contribution in [0, 0.1) is 23.2 Å². The molecule has 5 rings (SSSR count). The first-order valence-corrected chi connectivity index (χ1v) is 10.9. The standard InChI is InChI=1S/C23H32N2O4/c1-15(29-20-4-2-19(26)3-5-20)22(28)25-7-6-24-21(27)14-23-11-16-8-17(12-23)10-18(9-16)13-23/h2-5,15-18,26H,6-14H2,1H3,(H,24,27)(H,25,28). The second-order valence-corrected chi connectivity index (χ2v) is 9.49. The van der Waals surface area contributed by atoms with Crippen molar-refractivity contribution in [2.24, 2.45) is 23.2 Å². The molecular weight excluding hydrogens is 368 g/mol. The average Bonchev–Trinajstić information content (AvgIpc) is 2.65. The summed E-state index contributed by atoms with van der Waals surface area (Å²) in [5, 5.41) is 15.1. The summed E-state index contributed by atoms with van der Waals surface area (Å²) < 4.78 is 5.56. The molecule has 1 aromatic carbocycles. The molecule has 29 heavy (non-hydrogen) atoms. The van der Waals surface area contributed by atoms with Crippen LogP contribution in [0.4, 0.5) is 0 Å². The van der Waals surface area contributed by atoms with Crippen molar-refractivity contribution in [1.82, 2.24) is 10.6 Å². The van der Waals surface area contributed by atoms with Gasteiger partial charge in [-0.2, -0.15) is 0 Å². The Balaban J connectivity index is 1.15. The van der Waals surface area contributed by atoms with Crippen LogP contribution in [0.3, 0.4) is 0 Å². The first-order chi connectivity index (χ1) is 13.9. The number of aromatic hydroxyl groups is 1. The first-order valence-electron chi connectivity index (χ1n) is 10.9. The van der Waals surface area contributed by atoms with Gasteiger partial charge in [-0.25, -0.2) is 0 Å². The van der Waals surface area contributed by atoms with Gasteiger partial charge in [0, 0.05) is 19.5 Å². The Morgan fingerprint density at radius 3 is 2.17 bits per heavy atom. The van der Waals surface area contributed by atoms with Crippen LogP contribution in [0.2, 0.25) is 0 Å². The SMILES string of the molecule is CC(Oc1ccc(O)cc1)C(=O)NCCNC(=O)CC12CC3CC(CC(C3)C1)C2. The summed E-state index contributed by atoms with van der Waals surface area (Å²) in [5.41, 5.74) is 0.245. The molecule has 6 nitrogen and oxygen atoms in total. The van der Waals surface area contributed by atoms with E-state index >= 15 is 0 Å². The zero-order chi connectivity index (χ0) is 20.4. The lowest BCUT2D eigenvalue weighted by molar-refractivity contribution is -0.130. The number of carbonyl (C=O) groups excluding carboxylic acids is 2. The zero-order valence-corrected chi connectivity index (χ0v) is 17.2. The molecule has 0 aromatic heterocycles. The molecule has 1 aromatic rings. The van der Waals surface area contributed by atoms with Crippen molar-refractivity contribution < 1.29 is 19.4 Å². The van der Waals surface area contributed by atoms with Gasteiger partial charge in [-0.15, -0.1) is 0 Å². The number of carbonyl (C=O) groups is 2. The molecule has 158 valence electrons. The molecule has 3 N–H and O–H groups in total. The fraction of sp³-hybridized carbons (Fsp3) is 0.652. The first kappa shape index (κ1) is 20.0. The molecule has 0 saturated heterocycles. The Morgan fingerprint density at radius 2 is 1.59 bits per heavy atom. The summed E-state index contributed by atoms with van der Waals surface area (Å²) >= 11 is 0. The van der Waals surface area contributed by atoms with E-state index < -0.39 is 6.10 Å². The number of ether oxygens (including phenoxy) is 1. The molecule has 1 unspecified atom stereocenters. The fourth-order valence-corrected chi connectivity index (χ4v) is 6.22. The van der Waals surface area contributed by atoms with E-state index in [1.165, 1.54) is 50.7 Å². The maximum atomic E-state index is 12.5. The van der Waals surface area contributed by atoms with Gasteiger partial charge in [-0.1, -0.05) is 0 Å². The summed E-state index contributed by atoms with van der Waals surface area (Å²) in [4.78, 5) is 24.7. The highest BCUT2D eigenvalue weighted by Gasteiger charge is 2.51. The van der Waals surface area contributed by atoms with Crippen molar-refractivity contribution in [1.29, 1.82) is 0 Å². The number of rotatable bonds is 8. The number of amides is 2. The van der Waals surface area contributed by atoms with Crippen molar-refractivity contribution in [3.63, 3.8) is 0 Å². The van der Waals surface area contributed by atoms with Gasteiger partial charge in [0.1, 0.15) is 11.5 Å². The molecule has 4 bridgehead atoms. The minimum Gasteiger partial charge on any atom is -0.508 e. The molecule has 6 heteroatoms. The maximum absolute atomic E-state index is 12.5. The van der Waals surface area contributed by atoms with Gasteiger partial charge in [0.05, 0.1) is 0 Å². The lowest BCUT2D eigenvalue weighted by Gasteiger charge is -2.56. The lowest BCUT2D eigenvalue weighted by Crippen LogP contribution is -2.48. The number of nitrogens with one attached hydrogen (secondary N) is 2. The lowest BCUT2D eigenvalue weighted by atomic mass is 9.49. The third kappa shape index (κ3) is 4.85. The van der Waals surface area contributed by atoms with Crippen LogP contribution >= 0.6 is 0 Å². The van der Waals surface area contributed by atoms with Crippen LogP contribution in [-0.2, 0) is 9.59 Å². The van der Waals surface area contributed by atoms with Gasteiger partial charge in [-0.05, 0) is 92.9 Å². The normalized spacial score (nSPS) is 30.6. The van der Waals surface area contributed by atoms with Crippen LogP contribution in [0.5, 0.6) is 11.5 Å². The minimum atomic E-state index is -0.651. The van der Waals surface area contributed by atoms with Crippen LogP contribution in [0.1, 0.15) is 51.9 Å². The minimum absolute atomic E-state index is 0.120. The Hall–Kier alpha value is -2.24. The maximum Gasteiger partial charge on any atom is 0.260 e. The largest absolute Gasteiger partial charge is 0.508 e. The van der Waals surface area contributed by atoms with Gasteiger partial charge in [-0.3, -0.25) is 9.59 Å². The van der Waals surface area contributed by atoms with Crippen molar-refractivity contribution in [3.05, 3.63) is 24.3 Å². The quantitative estimate of drug-likeness (QED) is 0.586. The van der Waals surface area contributed by atoms with E-state index in [0.29, 0.717) is 25.3 Å². The highest BCUT2D eigenvalue weighted by Crippen LogP contribution is 2.61. The van der Waals surface area contributed by atoms with Crippen molar-refractivity contribution >= 4 is 11.8 Å². The summed E-state index contributed by atoms with van der Waals surface area (Å²) in [5.74, 6) is 3.12. The van der Waals surface area contributed by atoms with E-state index in [2.05, 4.69) is 10.6 Å². The van der Waals surface area contributed by atoms with E-state index in [0.717, 1.165) is 17.8 Å². The number of phenols is 1. The smallest absolute Gasteiger partial charge is 0.260 e. The molecule has 4 fully saturated rings. The van der Waals surface area contributed by atoms with E-state index in [9.17, 15) is 14.7 Å². The monoisotopic (exact) mass is 400 g/mol. The van der Waals surface area contributed by atoms with Crippen LogP contribution in [-0.4, -0.2) is 36.1 Å². The second kappa shape index (κ2) is 8.25. The number of benzene rings is 1. The highest BCUT2D eigenvalue weighted by molar-refractivity contribution is 5.81. The van der Waals surface area contributed by atoms with Crippen molar-refractivity contribution in [2.75, 3.05) is 13.1 Å². The number of phenolic OH excluding ortho intramolecular Hbond substituents is 1. The predicted molar refractivity (Wildman–Crippen MR) is 109 cm³/mol. The molecule has 0 radical (unpaired) electrons. The third-order valence-corrected chi connectivity index (χ3v) is 6.97. The van der Waals surface area contributed by atoms with Gasteiger partial charge in [0.25, 0.3) is 5.91 Å². The zero-order valence-electron chi connectivity index (χ0n) is 17.2. The number of hydrogen-bond donors (Lipinski definition) is 3. The summed E-state index contributed by atoms with van der Waals surface area (Å²) in [7, 11) is 0. The molecule has 0 heterocycles. The summed E-state index contributed by atoms with van der Waals surface area (Å²) in [6.07, 6.45) is 7.85. The molecule has 4 aliphatic rings. The van der Waals surface area contributed by atoms with Gasteiger partial charge in [0.15, 0.2) is 6.10 Å². The van der Waals surface area contributed by atoms with Gasteiger partial charge < -0.3 is 20.5 Å². The van der Waals surface area contributed by atoms with E-state index in [1.54, 1.807) is 19.1 Å². The third-order valence-electron chi connectivity index (χ3n) is 6.97. The Labute approximate surface area is 172 Å². The van der Waals surface area contributed by atoms with E-state index in [4.69, 9.17) is 4.74 Å². The molecule has 0 spiro atoms. The Bertz CT molecular complexity index is 710. The van der Waals surface area contributed by atoms with E-state index in [-0.39, 0.29) is 23.0 Å². The Morgan fingerprint density at radius 1 is 1.03 bits per heavy atom. The molecule has 2 amide bonds. The molecule has 1 atom stereocenters. The second-order valence-electron chi connectivity index (χ2n) is 9.49. The van der Waals surface area contributed by atoms with E-state index in [1.807, 2.05) is 0 Å². The Kier molecular flexibility index (Phi) is 5.70. The van der Waals surface area contributed by atoms with Gasteiger partial charge >= 0.3 is 0 Å². The average molecular weight is 401 g/mol. The topological polar surface area (TPSA) is 87.7 Å². The van der Waals surface area contributed by atoms with Crippen LogP contribution in [0.25, 0.3) is 0 Å². The van der Waals surface area contributed by atoms with Crippen molar-refractivity contribution in [3.8, 4) is 11.5 Å². The molecular formula is C23H32N2O4. The fourth-order valence-electron chi connectivity index (χ4n) is 6.22. The highest BCUT2D eigenvalue weighted by atomic mass is 16.5. The summed E-state index contributed by atoms with van der Waals surface area (Å²) in [6.45, 7) is 2.49. The van der Waals surface area contributed by atoms with Gasteiger partial charge in [0.2, 0.25) is 5.91 Å². The molecule has 4 saturated carbocycles. The molecule has 0 aliphatic heterocycles. The van der Waals surface area contributed by atoms with Crippen LogP contribution < -0.4 is 15.4 Å². The summed E-state index contributed by atoms with van der Waals surface area (Å²) in [6, 6.07) is 6.26.